The van der Waals surface area contributed by atoms with Gasteiger partial charge in [-0.15, -0.1) is 0 Å². The number of pyridine rings is 2. The molecule has 2 aromatic rings. The summed E-state index contributed by atoms with van der Waals surface area (Å²) in [4.78, 5) is 32.9. The average Bonchev–Trinajstić information content (AvgIpc) is 2.59. The zero-order valence-corrected chi connectivity index (χ0v) is 15.4. The van der Waals surface area contributed by atoms with E-state index in [2.05, 4.69) is 15.3 Å². The normalized spacial score (nSPS) is 12.7. The number of nitrogens with zero attached hydrogens (tertiary/aromatic N) is 2. The molecule has 0 aromatic carbocycles. The first-order chi connectivity index (χ1) is 11.7. The third kappa shape index (κ3) is 4.29. The van der Waals surface area contributed by atoms with Crippen LogP contribution >= 0.6 is 0 Å². The number of hydrogen-bond acceptors (Lipinski definition) is 4. The molecule has 0 aliphatic heterocycles. The van der Waals surface area contributed by atoms with Crippen LogP contribution in [-0.4, -0.2) is 21.7 Å². The van der Waals surface area contributed by atoms with Crippen LogP contribution in [0.15, 0.2) is 42.9 Å². The Morgan fingerprint density at radius 2 is 1.84 bits per heavy atom. The van der Waals surface area contributed by atoms with Crippen LogP contribution in [0.2, 0.25) is 0 Å². The van der Waals surface area contributed by atoms with E-state index in [1.165, 1.54) is 6.92 Å². The fraction of sp³-hybridized carbons (Fsp3) is 0.400. The van der Waals surface area contributed by atoms with Crippen LogP contribution in [0.3, 0.4) is 0 Å². The zero-order chi connectivity index (χ0) is 18.6. The molecule has 0 bridgehead atoms. The van der Waals surface area contributed by atoms with Gasteiger partial charge in [-0.2, -0.15) is 0 Å². The van der Waals surface area contributed by atoms with Gasteiger partial charge in [-0.25, -0.2) is 0 Å². The Kier molecular flexibility index (Phi) is 5.67. The van der Waals surface area contributed by atoms with Crippen molar-refractivity contribution in [3.63, 3.8) is 0 Å². The van der Waals surface area contributed by atoms with Crippen LogP contribution in [0.5, 0.6) is 0 Å². The summed E-state index contributed by atoms with van der Waals surface area (Å²) in [7, 11) is 0. The highest BCUT2D eigenvalue weighted by Gasteiger charge is 2.31. The number of aromatic nitrogens is 2. The van der Waals surface area contributed by atoms with Crippen molar-refractivity contribution in [2.75, 3.05) is 0 Å². The van der Waals surface area contributed by atoms with Crippen molar-refractivity contribution in [3.05, 3.63) is 59.7 Å². The molecule has 0 aliphatic carbocycles. The highest BCUT2D eigenvalue weighted by atomic mass is 16.1. The zero-order valence-electron chi connectivity index (χ0n) is 15.4. The summed E-state index contributed by atoms with van der Waals surface area (Å²) in [5, 5.41) is 2.91. The van der Waals surface area contributed by atoms with Crippen LogP contribution in [-0.2, 0) is 10.2 Å². The molecule has 2 heterocycles. The molecule has 5 heteroatoms. The lowest BCUT2D eigenvalue weighted by Gasteiger charge is -2.24. The maximum atomic E-state index is 12.9. The molecule has 5 nitrogen and oxygen atoms in total. The molecule has 132 valence electrons. The average molecular weight is 339 g/mol. The lowest BCUT2D eigenvalue weighted by molar-refractivity contribution is -0.120. The minimum absolute atomic E-state index is 0.0137. The Balaban J connectivity index is 2.27. The van der Waals surface area contributed by atoms with Crippen molar-refractivity contribution >= 4 is 11.7 Å². The first kappa shape index (κ1) is 18.8. The van der Waals surface area contributed by atoms with Gasteiger partial charge in [0, 0.05) is 31.1 Å². The van der Waals surface area contributed by atoms with Gasteiger partial charge in [-0.05, 0) is 43.5 Å². The van der Waals surface area contributed by atoms with Crippen molar-refractivity contribution in [3.8, 4) is 0 Å². The van der Waals surface area contributed by atoms with Gasteiger partial charge in [0.2, 0.25) is 5.91 Å². The summed E-state index contributed by atoms with van der Waals surface area (Å²) in [5.41, 5.74) is 1.47. The van der Waals surface area contributed by atoms with Gasteiger partial charge in [0.1, 0.15) is 0 Å². The van der Waals surface area contributed by atoms with Crippen molar-refractivity contribution < 1.29 is 9.59 Å². The second kappa shape index (κ2) is 7.55. The molecule has 0 radical (unpaired) electrons. The van der Waals surface area contributed by atoms with E-state index in [0.29, 0.717) is 5.56 Å². The molecule has 25 heavy (non-hydrogen) atoms. The molecular weight excluding hydrogens is 314 g/mol. The monoisotopic (exact) mass is 339 g/mol. The van der Waals surface area contributed by atoms with Crippen LogP contribution in [0.1, 0.15) is 62.3 Å². The number of carbonyl (C=O) groups is 2. The van der Waals surface area contributed by atoms with Crippen LogP contribution in [0.4, 0.5) is 0 Å². The van der Waals surface area contributed by atoms with E-state index in [4.69, 9.17) is 0 Å². The summed E-state index contributed by atoms with van der Waals surface area (Å²) >= 11 is 0. The molecule has 0 aliphatic rings. The molecule has 0 saturated heterocycles. The van der Waals surface area contributed by atoms with E-state index in [0.717, 1.165) is 11.3 Å². The highest BCUT2D eigenvalue weighted by Crippen LogP contribution is 2.27. The van der Waals surface area contributed by atoms with E-state index >= 15 is 0 Å². The number of hydrogen-bond donors (Lipinski definition) is 1. The minimum Gasteiger partial charge on any atom is -0.348 e. The Morgan fingerprint density at radius 3 is 2.32 bits per heavy atom. The maximum absolute atomic E-state index is 12.9. The van der Waals surface area contributed by atoms with Gasteiger partial charge >= 0.3 is 0 Å². The maximum Gasteiger partial charge on any atom is 0.217 e. The van der Waals surface area contributed by atoms with Gasteiger partial charge in [0.05, 0.1) is 17.2 Å². The van der Waals surface area contributed by atoms with Crippen LogP contribution in [0, 0.1) is 5.92 Å². The second-order valence-electron chi connectivity index (χ2n) is 7.09. The molecule has 0 saturated carbocycles. The van der Waals surface area contributed by atoms with Gasteiger partial charge in [-0.3, -0.25) is 19.6 Å². The lowest BCUT2D eigenvalue weighted by atomic mass is 9.79. The fourth-order valence-electron chi connectivity index (χ4n) is 2.75. The molecule has 2 aromatic heterocycles. The van der Waals surface area contributed by atoms with E-state index in [9.17, 15) is 9.59 Å². The number of carbonyl (C=O) groups excluding carboxylic acids is 2. The smallest absolute Gasteiger partial charge is 0.217 e. The van der Waals surface area contributed by atoms with E-state index in [1.807, 2.05) is 45.9 Å². The van der Waals surface area contributed by atoms with Gasteiger partial charge in [0.25, 0.3) is 0 Å². The van der Waals surface area contributed by atoms with E-state index in [-0.39, 0.29) is 23.7 Å². The fourth-order valence-corrected chi connectivity index (χ4v) is 2.75. The number of nitrogens with one attached hydrogen (secondary N) is 1. The second-order valence-corrected chi connectivity index (χ2v) is 7.09. The molecule has 1 amide bonds. The molecule has 0 spiro atoms. The lowest BCUT2D eigenvalue weighted by Crippen LogP contribution is -2.31. The summed E-state index contributed by atoms with van der Waals surface area (Å²) in [6, 6.07) is 7.14. The Hall–Kier alpha value is -2.56. The van der Waals surface area contributed by atoms with Crippen LogP contribution in [0.25, 0.3) is 0 Å². The Labute approximate surface area is 148 Å². The molecular formula is C20H25N3O2. The summed E-state index contributed by atoms with van der Waals surface area (Å²) in [5.74, 6) is 0.0864. The summed E-state index contributed by atoms with van der Waals surface area (Å²) < 4.78 is 0. The topological polar surface area (TPSA) is 72.0 Å². The summed E-state index contributed by atoms with van der Waals surface area (Å²) in [6.45, 7) is 9.30. The Morgan fingerprint density at radius 1 is 1.12 bits per heavy atom. The predicted molar refractivity (Wildman–Crippen MR) is 97.2 cm³/mol. The Bertz CT molecular complexity index is 737. The predicted octanol–water partition coefficient (Wildman–Crippen LogP) is 3.47. The SMILES string of the molecule is CC(=O)N[C@H](c1ccc(C(=O)C(C)(C)c2cccnc2)cn1)C(C)C. The van der Waals surface area contributed by atoms with E-state index < -0.39 is 5.41 Å². The minimum atomic E-state index is -0.688. The number of amides is 1. The van der Waals surface area contributed by atoms with Gasteiger partial charge < -0.3 is 5.32 Å². The standard InChI is InChI=1S/C20H25N3O2/c1-13(2)18(23-14(3)24)17-9-8-15(11-22-17)19(25)20(4,5)16-7-6-10-21-12-16/h6-13,18H,1-5H3,(H,23,24)/t18-/m0/s1. The van der Waals surface area contributed by atoms with E-state index in [1.54, 1.807) is 24.7 Å². The molecule has 0 fully saturated rings. The van der Waals surface area contributed by atoms with Crippen molar-refractivity contribution in [1.82, 2.24) is 15.3 Å². The van der Waals surface area contributed by atoms with Gasteiger partial charge in [-0.1, -0.05) is 19.9 Å². The van der Waals surface area contributed by atoms with Crippen LogP contribution < -0.4 is 5.32 Å². The van der Waals surface area contributed by atoms with Crippen molar-refractivity contribution in [2.24, 2.45) is 5.92 Å². The van der Waals surface area contributed by atoms with Crippen molar-refractivity contribution in [1.29, 1.82) is 0 Å². The first-order valence-electron chi connectivity index (χ1n) is 8.42. The molecule has 0 unspecified atom stereocenters. The number of ketones is 1. The van der Waals surface area contributed by atoms with Crippen molar-refractivity contribution in [2.45, 2.75) is 46.1 Å². The molecule has 1 N–H and O–H groups in total. The highest BCUT2D eigenvalue weighted by molar-refractivity contribution is 6.03. The molecule has 1 atom stereocenters. The molecule has 2 rings (SSSR count). The first-order valence-corrected chi connectivity index (χ1v) is 8.42. The number of rotatable bonds is 6. The van der Waals surface area contributed by atoms with Gasteiger partial charge in [0.15, 0.2) is 5.78 Å². The number of Topliss-reactive ketones (excluding diaryl/α,β-unsaturated/α-hetero) is 1. The third-order valence-electron chi connectivity index (χ3n) is 4.34. The largest absolute Gasteiger partial charge is 0.348 e. The quantitative estimate of drug-likeness (QED) is 0.818. The third-order valence-corrected chi connectivity index (χ3v) is 4.34. The summed E-state index contributed by atoms with van der Waals surface area (Å²) in [6.07, 6.45) is 4.99.